The zero-order chi connectivity index (χ0) is 23.0. The van der Waals surface area contributed by atoms with Gasteiger partial charge >= 0.3 is 0 Å². The molecule has 4 rings (SSSR count). The minimum Gasteiger partial charge on any atom is -0.283 e. The van der Waals surface area contributed by atoms with E-state index in [0.29, 0.717) is 16.5 Å². The minimum absolute atomic E-state index is 0.240. The van der Waals surface area contributed by atoms with Crippen LogP contribution in [0.5, 0.6) is 0 Å². The van der Waals surface area contributed by atoms with Crippen LogP contribution in [0.2, 0.25) is 0 Å². The molecule has 7 nitrogen and oxygen atoms in total. The largest absolute Gasteiger partial charge is 0.296 e. The number of thiophene rings is 1. The molecule has 1 aliphatic heterocycles. The number of carbonyl (C=O) groups excluding carboxylic acids is 1. The second-order valence-electron chi connectivity index (χ2n) is 7.33. The van der Waals surface area contributed by atoms with Crippen LogP contribution in [0.25, 0.3) is 11.8 Å². The van der Waals surface area contributed by atoms with E-state index in [1.807, 2.05) is 48.7 Å². The lowest BCUT2D eigenvalue weighted by molar-refractivity contribution is -0.113. The fraction of sp³-hybridized carbons (Fsp3) is 0.217. The van der Waals surface area contributed by atoms with Gasteiger partial charge in [-0.3, -0.25) is 14.3 Å². The van der Waals surface area contributed by atoms with Crippen LogP contribution >= 0.6 is 23.1 Å². The first-order valence-corrected chi connectivity index (χ1v) is 11.7. The zero-order valence-corrected chi connectivity index (χ0v) is 19.7. The number of amidine groups is 1. The molecule has 1 aliphatic rings. The predicted octanol–water partition coefficient (Wildman–Crippen LogP) is 4.24. The summed E-state index contributed by atoms with van der Waals surface area (Å²) in [5.41, 5.74) is 2.53. The van der Waals surface area contributed by atoms with E-state index in [2.05, 4.69) is 11.1 Å². The summed E-state index contributed by atoms with van der Waals surface area (Å²) in [6.45, 7) is 5.50. The predicted molar refractivity (Wildman–Crippen MR) is 130 cm³/mol. The van der Waals surface area contributed by atoms with E-state index in [9.17, 15) is 14.9 Å². The van der Waals surface area contributed by atoms with Gasteiger partial charge in [0, 0.05) is 11.9 Å². The molecule has 1 aromatic carbocycles. The van der Waals surface area contributed by atoms with E-state index in [1.54, 1.807) is 31.7 Å². The molecule has 3 heterocycles. The summed E-state index contributed by atoms with van der Waals surface area (Å²) in [6.07, 6.45) is 1.74. The first-order chi connectivity index (χ1) is 15.3. The topological polar surface area (TPSA) is 83.4 Å². The van der Waals surface area contributed by atoms with Gasteiger partial charge in [0.05, 0.1) is 22.7 Å². The highest BCUT2D eigenvalue weighted by atomic mass is 32.2. The average molecular weight is 464 g/mol. The Morgan fingerprint density at radius 1 is 1.19 bits per heavy atom. The number of benzene rings is 1. The molecule has 0 aliphatic carbocycles. The number of para-hydroxylation sites is 1. The molecule has 0 bridgehead atoms. The van der Waals surface area contributed by atoms with E-state index in [4.69, 9.17) is 0 Å². The summed E-state index contributed by atoms with van der Waals surface area (Å²) in [6, 6.07) is 13.4. The molecule has 2 aromatic heterocycles. The van der Waals surface area contributed by atoms with Gasteiger partial charge in [0.15, 0.2) is 5.17 Å². The number of carbonyl (C=O) groups is 1. The van der Waals surface area contributed by atoms with E-state index < -0.39 is 5.25 Å². The Kier molecular flexibility index (Phi) is 5.91. The highest BCUT2D eigenvalue weighted by molar-refractivity contribution is 8.15. The number of aliphatic imine (C=N–C) groups is 1. The van der Waals surface area contributed by atoms with Gasteiger partial charge in [-0.05, 0) is 56.0 Å². The van der Waals surface area contributed by atoms with Crippen molar-refractivity contribution in [1.82, 2.24) is 9.36 Å². The van der Waals surface area contributed by atoms with Gasteiger partial charge in [0.2, 0.25) is 0 Å². The first kappa shape index (κ1) is 21.9. The molecule has 0 N–H and O–H groups in total. The van der Waals surface area contributed by atoms with Crippen LogP contribution in [0.3, 0.4) is 0 Å². The third-order valence-corrected chi connectivity index (χ3v) is 7.12. The van der Waals surface area contributed by atoms with Crippen LogP contribution in [0, 0.1) is 25.2 Å². The number of rotatable bonds is 4. The van der Waals surface area contributed by atoms with Crippen molar-refractivity contribution in [2.24, 2.45) is 12.0 Å². The fourth-order valence-electron chi connectivity index (χ4n) is 3.43. The number of nitrogens with zero attached hydrogens (tertiary/aromatic N) is 5. The van der Waals surface area contributed by atoms with E-state index in [1.165, 1.54) is 20.9 Å². The first-order valence-electron chi connectivity index (χ1n) is 9.92. The number of amides is 1. The normalized spacial score (nSPS) is 15.8. The minimum atomic E-state index is -0.438. The Labute approximate surface area is 193 Å². The Hall–Kier alpha value is -3.35. The van der Waals surface area contributed by atoms with Crippen molar-refractivity contribution >= 4 is 45.9 Å². The molecule has 0 spiro atoms. The van der Waals surface area contributed by atoms with Gasteiger partial charge in [0.25, 0.3) is 11.5 Å². The van der Waals surface area contributed by atoms with Crippen molar-refractivity contribution in [2.75, 3.05) is 4.90 Å². The third-order valence-electron chi connectivity index (χ3n) is 5.21. The maximum absolute atomic E-state index is 13.5. The van der Waals surface area contributed by atoms with Crippen molar-refractivity contribution < 1.29 is 4.79 Å². The quantitative estimate of drug-likeness (QED) is 0.542. The van der Waals surface area contributed by atoms with Crippen LogP contribution in [-0.4, -0.2) is 25.7 Å². The van der Waals surface area contributed by atoms with E-state index in [0.717, 1.165) is 22.2 Å². The Morgan fingerprint density at radius 3 is 2.53 bits per heavy atom. The Bertz CT molecular complexity index is 1360. The maximum atomic E-state index is 13.5. The van der Waals surface area contributed by atoms with Crippen molar-refractivity contribution in [2.45, 2.75) is 26.0 Å². The number of aromatic nitrogens is 2. The maximum Gasteiger partial charge on any atom is 0.296 e. The summed E-state index contributed by atoms with van der Waals surface area (Å²) in [5, 5.41) is 11.2. The summed E-state index contributed by atoms with van der Waals surface area (Å²) in [5.74, 6) is -0.378. The van der Waals surface area contributed by atoms with Crippen LogP contribution in [0.4, 0.5) is 5.69 Å². The zero-order valence-electron chi connectivity index (χ0n) is 18.1. The highest BCUT2D eigenvalue weighted by Crippen LogP contribution is 2.32. The van der Waals surface area contributed by atoms with Crippen LogP contribution in [0.15, 0.2) is 57.3 Å². The number of anilines is 1. The standard InChI is InChI=1S/C23H21N5O2S2/c1-14-10-11-31-19(14)12-18-21(29)27(23(25-18)32-15(2)13-24)20-16(3)26(4)28(22(20)30)17-8-6-5-7-9-17/h5-12,15H,1-4H3/b18-12-. The lowest BCUT2D eigenvalue weighted by atomic mass is 10.2. The van der Waals surface area contributed by atoms with Crippen LogP contribution < -0.4 is 10.5 Å². The number of thioether (sulfide) groups is 1. The molecular formula is C23H21N5O2S2. The van der Waals surface area contributed by atoms with Crippen LogP contribution in [-0.2, 0) is 11.8 Å². The van der Waals surface area contributed by atoms with Gasteiger partial charge in [-0.15, -0.1) is 11.3 Å². The van der Waals surface area contributed by atoms with Crippen LogP contribution in [0.1, 0.15) is 23.1 Å². The monoisotopic (exact) mass is 463 g/mol. The van der Waals surface area contributed by atoms with E-state index >= 15 is 0 Å². The highest BCUT2D eigenvalue weighted by Gasteiger charge is 2.37. The van der Waals surface area contributed by atoms with Crippen molar-refractivity contribution in [3.8, 4) is 11.8 Å². The molecule has 1 atom stereocenters. The number of aryl methyl sites for hydroxylation is 1. The van der Waals surface area contributed by atoms with Gasteiger partial charge in [-0.2, -0.15) is 5.26 Å². The molecule has 0 saturated carbocycles. The molecule has 9 heteroatoms. The number of hydrogen-bond acceptors (Lipinski definition) is 6. The Balaban J connectivity index is 1.87. The average Bonchev–Trinajstić information content (AvgIpc) is 3.38. The van der Waals surface area contributed by atoms with Crippen molar-refractivity contribution in [1.29, 1.82) is 5.26 Å². The molecule has 3 aromatic rings. The summed E-state index contributed by atoms with van der Waals surface area (Å²) in [7, 11) is 1.78. The fourth-order valence-corrected chi connectivity index (χ4v) is 5.08. The number of nitriles is 1. The van der Waals surface area contributed by atoms with Gasteiger partial charge in [-0.1, -0.05) is 30.0 Å². The van der Waals surface area contributed by atoms with Crippen molar-refractivity contribution in [3.63, 3.8) is 0 Å². The molecule has 1 unspecified atom stereocenters. The van der Waals surface area contributed by atoms with Crippen molar-refractivity contribution in [3.05, 3.63) is 74.0 Å². The lowest BCUT2D eigenvalue weighted by Crippen LogP contribution is -2.35. The second kappa shape index (κ2) is 8.65. The second-order valence-corrected chi connectivity index (χ2v) is 9.59. The summed E-state index contributed by atoms with van der Waals surface area (Å²) >= 11 is 2.68. The SMILES string of the molecule is Cc1ccsc1/C=C1\N=C(SC(C)C#N)N(c2c(C)n(C)n(-c3ccccc3)c2=O)C1=O. The molecular weight excluding hydrogens is 442 g/mol. The number of hydrogen-bond donors (Lipinski definition) is 0. The summed E-state index contributed by atoms with van der Waals surface area (Å²) in [4.78, 5) is 33.8. The van der Waals surface area contributed by atoms with Gasteiger partial charge < -0.3 is 0 Å². The third kappa shape index (κ3) is 3.72. The molecule has 0 saturated heterocycles. The molecule has 1 amide bonds. The van der Waals surface area contributed by atoms with Gasteiger partial charge in [0.1, 0.15) is 11.4 Å². The molecule has 0 radical (unpaired) electrons. The molecule has 162 valence electrons. The van der Waals surface area contributed by atoms with Gasteiger partial charge in [-0.25, -0.2) is 14.6 Å². The summed E-state index contributed by atoms with van der Waals surface area (Å²) < 4.78 is 3.25. The molecule has 0 fully saturated rings. The molecule has 32 heavy (non-hydrogen) atoms. The van der Waals surface area contributed by atoms with E-state index in [-0.39, 0.29) is 22.9 Å². The Morgan fingerprint density at radius 2 is 1.91 bits per heavy atom. The lowest BCUT2D eigenvalue weighted by Gasteiger charge is -2.16. The smallest absolute Gasteiger partial charge is 0.283 e.